The monoisotopic (exact) mass is 178 g/mol. The molecule has 0 aliphatic heterocycles. The fraction of sp³-hybridized carbons (Fsp3) is 0.273. The zero-order chi connectivity index (χ0) is 9.42. The molecule has 2 rings (SSSR count). The molecule has 13 heavy (non-hydrogen) atoms. The minimum absolute atomic E-state index is 0. The van der Waals surface area contributed by atoms with Gasteiger partial charge in [0.2, 0.25) is 0 Å². The number of anilines is 2. The van der Waals surface area contributed by atoms with E-state index in [0.29, 0.717) is 5.92 Å². The summed E-state index contributed by atoms with van der Waals surface area (Å²) in [7, 11) is 0. The van der Waals surface area contributed by atoms with Crippen LogP contribution >= 0.6 is 0 Å². The number of hydrogen-bond donors (Lipinski definition) is 2. The molecule has 0 bridgehead atoms. The van der Waals surface area contributed by atoms with Crippen molar-refractivity contribution >= 4 is 17.5 Å². The third-order valence-corrected chi connectivity index (χ3v) is 2.54. The molecule has 1 aromatic rings. The molecule has 1 fully saturated rings. The lowest BCUT2D eigenvalue weighted by Gasteiger charge is -2.10. The van der Waals surface area contributed by atoms with Crippen molar-refractivity contribution < 1.29 is 2.85 Å². The van der Waals surface area contributed by atoms with Crippen LogP contribution in [0.3, 0.4) is 0 Å². The fourth-order valence-corrected chi connectivity index (χ4v) is 1.73. The Labute approximate surface area is 81.2 Å². The van der Waals surface area contributed by atoms with Gasteiger partial charge in [-0.1, -0.05) is 12.7 Å². The van der Waals surface area contributed by atoms with E-state index in [1.807, 2.05) is 12.1 Å². The molecule has 0 amide bonds. The lowest BCUT2D eigenvalue weighted by atomic mass is 9.99. The molecule has 2 nitrogen and oxygen atoms in total. The Balaban J connectivity index is 0.000000980. The van der Waals surface area contributed by atoms with E-state index in [1.54, 1.807) is 6.08 Å². The third-order valence-electron chi connectivity index (χ3n) is 2.54. The lowest BCUT2D eigenvalue weighted by molar-refractivity contribution is 1.13. The van der Waals surface area contributed by atoms with Gasteiger partial charge < -0.3 is 11.5 Å². The van der Waals surface area contributed by atoms with Crippen molar-refractivity contribution in [1.29, 1.82) is 0 Å². The van der Waals surface area contributed by atoms with E-state index in [2.05, 4.69) is 6.58 Å². The molecule has 72 valence electrons. The van der Waals surface area contributed by atoms with E-state index in [4.69, 9.17) is 11.5 Å². The highest BCUT2D eigenvalue weighted by molar-refractivity contribution is 5.74. The maximum Gasteiger partial charge on any atom is 0.0391 e. The zero-order valence-electron chi connectivity index (χ0n) is 7.59. The van der Waals surface area contributed by atoms with E-state index in [-0.39, 0.29) is 2.85 Å². The summed E-state index contributed by atoms with van der Waals surface area (Å²) in [5, 5.41) is 0. The van der Waals surface area contributed by atoms with Gasteiger partial charge in [-0.15, -0.1) is 0 Å². The van der Waals surface area contributed by atoms with Gasteiger partial charge in [-0.2, -0.15) is 0 Å². The van der Waals surface area contributed by atoms with E-state index in [1.165, 1.54) is 18.4 Å². The van der Waals surface area contributed by atoms with Crippen LogP contribution in [-0.4, -0.2) is 0 Å². The summed E-state index contributed by atoms with van der Waals surface area (Å²) in [6.45, 7) is 3.77. The molecule has 1 saturated carbocycles. The average molecular weight is 178 g/mol. The number of hydrogen-bond acceptors (Lipinski definition) is 2. The highest BCUT2D eigenvalue weighted by Gasteiger charge is 2.28. The molecule has 2 heteroatoms. The summed E-state index contributed by atoms with van der Waals surface area (Å²) in [5.41, 5.74) is 15.6. The van der Waals surface area contributed by atoms with Gasteiger partial charge in [0.25, 0.3) is 0 Å². The second kappa shape index (κ2) is 2.80. The molecule has 0 heterocycles. The normalized spacial score (nSPS) is 15.7. The van der Waals surface area contributed by atoms with Gasteiger partial charge in [0.1, 0.15) is 0 Å². The van der Waals surface area contributed by atoms with E-state index >= 15 is 0 Å². The maximum atomic E-state index is 5.90. The topological polar surface area (TPSA) is 52.0 Å². The molecule has 1 aromatic carbocycles. The summed E-state index contributed by atoms with van der Waals surface area (Å²) in [6.07, 6.45) is 4.27. The van der Waals surface area contributed by atoms with Crippen LogP contribution in [0.25, 0.3) is 6.08 Å². The van der Waals surface area contributed by atoms with Crippen LogP contribution in [0.2, 0.25) is 0 Å². The smallest absolute Gasteiger partial charge is 0.0391 e. The first-order valence-electron chi connectivity index (χ1n) is 4.54. The number of benzene rings is 1. The summed E-state index contributed by atoms with van der Waals surface area (Å²) < 4.78 is 0. The largest absolute Gasteiger partial charge is 0.398 e. The van der Waals surface area contributed by atoms with Crippen LogP contribution < -0.4 is 11.5 Å². The van der Waals surface area contributed by atoms with Crippen LogP contribution in [0.5, 0.6) is 0 Å². The summed E-state index contributed by atoms with van der Waals surface area (Å²) >= 11 is 0. The first-order chi connectivity index (χ1) is 6.24. The van der Waals surface area contributed by atoms with Crippen LogP contribution in [0.4, 0.5) is 11.4 Å². The second-order valence-electron chi connectivity index (χ2n) is 3.55. The van der Waals surface area contributed by atoms with E-state index in [0.717, 1.165) is 16.9 Å². The molecule has 0 atom stereocenters. The molecule has 0 aromatic heterocycles. The fourth-order valence-electron chi connectivity index (χ4n) is 1.73. The minimum atomic E-state index is 0. The maximum absolute atomic E-state index is 5.90. The Morgan fingerprint density at radius 2 is 1.92 bits per heavy atom. The molecular formula is C11H18N2. The van der Waals surface area contributed by atoms with Crippen molar-refractivity contribution in [2.24, 2.45) is 0 Å². The standard InChI is InChI=1S/C11H14N2.2H2/c1-2-8-9(12)5-6-10(13)11(8)7-3-4-7;;/h2,5-7H,1,3-4,12-13H2;2*1H. The highest BCUT2D eigenvalue weighted by Crippen LogP contribution is 2.45. The second-order valence-corrected chi connectivity index (χ2v) is 3.55. The third kappa shape index (κ3) is 1.28. The van der Waals surface area contributed by atoms with Crippen LogP contribution in [-0.2, 0) is 0 Å². The Bertz CT molecular complexity index is 360. The molecular weight excluding hydrogens is 160 g/mol. The summed E-state index contributed by atoms with van der Waals surface area (Å²) in [4.78, 5) is 0. The molecule has 0 saturated heterocycles. The number of nitrogens with two attached hydrogens (primary N) is 2. The predicted molar refractivity (Wildman–Crippen MR) is 61.6 cm³/mol. The minimum Gasteiger partial charge on any atom is -0.398 e. The van der Waals surface area contributed by atoms with Gasteiger partial charge in [0.15, 0.2) is 0 Å². The van der Waals surface area contributed by atoms with Crippen molar-refractivity contribution in [3.63, 3.8) is 0 Å². The number of nitrogen functional groups attached to an aromatic ring is 2. The lowest BCUT2D eigenvalue weighted by Crippen LogP contribution is -1.99. The van der Waals surface area contributed by atoms with Gasteiger partial charge in [-0.05, 0) is 36.5 Å². The van der Waals surface area contributed by atoms with Gasteiger partial charge in [0.05, 0.1) is 0 Å². The Morgan fingerprint density at radius 1 is 1.31 bits per heavy atom. The first-order valence-corrected chi connectivity index (χ1v) is 4.54. The molecule has 1 aliphatic rings. The van der Waals surface area contributed by atoms with Crippen molar-refractivity contribution in [3.8, 4) is 0 Å². The predicted octanol–water partition coefficient (Wildman–Crippen LogP) is 2.86. The average Bonchev–Trinajstić information content (AvgIpc) is 2.91. The molecule has 0 unspecified atom stereocenters. The molecule has 1 aliphatic carbocycles. The van der Waals surface area contributed by atoms with Crippen molar-refractivity contribution in [1.82, 2.24) is 0 Å². The first kappa shape index (κ1) is 8.17. The summed E-state index contributed by atoms with van der Waals surface area (Å²) in [6, 6.07) is 3.73. The number of rotatable bonds is 2. The van der Waals surface area contributed by atoms with Crippen LogP contribution in [0.15, 0.2) is 18.7 Å². The van der Waals surface area contributed by atoms with E-state index in [9.17, 15) is 0 Å². The molecule has 0 spiro atoms. The van der Waals surface area contributed by atoms with Gasteiger partial charge in [-0.3, -0.25) is 0 Å². The highest BCUT2D eigenvalue weighted by atomic mass is 14.6. The van der Waals surface area contributed by atoms with E-state index < -0.39 is 0 Å². The van der Waals surface area contributed by atoms with Gasteiger partial charge in [-0.25, -0.2) is 0 Å². The van der Waals surface area contributed by atoms with Crippen molar-refractivity contribution in [2.45, 2.75) is 18.8 Å². The summed E-state index contributed by atoms with van der Waals surface area (Å²) in [5.74, 6) is 0.622. The van der Waals surface area contributed by atoms with Crippen LogP contribution in [0, 0.1) is 0 Å². The molecule has 4 N–H and O–H groups in total. The van der Waals surface area contributed by atoms with Crippen molar-refractivity contribution in [2.75, 3.05) is 11.5 Å². The quantitative estimate of drug-likeness (QED) is 0.684. The Hall–Kier alpha value is -1.44. The SMILES string of the molecule is C=Cc1c(N)ccc(N)c1C1CC1.[HH].[HH]. The van der Waals surface area contributed by atoms with Crippen LogP contribution in [0.1, 0.15) is 32.7 Å². The Kier molecular flexibility index (Phi) is 1.76. The Morgan fingerprint density at radius 3 is 2.46 bits per heavy atom. The van der Waals surface area contributed by atoms with Gasteiger partial charge >= 0.3 is 0 Å². The molecule has 0 radical (unpaired) electrons. The van der Waals surface area contributed by atoms with Crippen molar-refractivity contribution in [3.05, 3.63) is 29.8 Å². The zero-order valence-corrected chi connectivity index (χ0v) is 7.59. The van der Waals surface area contributed by atoms with Gasteiger partial charge in [0, 0.05) is 19.8 Å².